The van der Waals surface area contributed by atoms with Crippen molar-refractivity contribution in [3.63, 3.8) is 0 Å². The normalized spacial score (nSPS) is 20.1. The lowest BCUT2D eigenvalue weighted by Crippen LogP contribution is -2.53. The second kappa shape index (κ2) is 14.2. The van der Waals surface area contributed by atoms with Gasteiger partial charge in [-0.1, -0.05) is 48.5 Å². The number of hydrogen-bond acceptors (Lipinski definition) is 8. The molecule has 3 aromatic carbocycles. The van der Waals surface area contributed by atoms with E-state index in [0.29, 0.717) is 12.0 Å². The van der Waals surface area contributed by atoms with E-state index in [-0.39, 0.29) is 18.2 Å². The zero-order valence-corrected chi connectivity index (χ0v) is 29.9. The van der Waals surface area contributed by atoms with Gasteiger partial charge in [-0.25, -0.2) is 9.97 Å². The number of amides is 3. The molecule has 1 N–H and O–H groups in total. The quantitative estimate of drug-likeness (QED) is 0.218. The van der Waals surface area contributed by atoms with E-state index in [0.717, 1.165) is 91.8 Å². The number of aromatic nitrogens is 3. The maximum atomic E-state index is 13.5. The molecule has 11 nitrogen and oxygen atoms in total. The maximum Gasteiger partial charge on any atom is 0.259 e. The highest BCUT2D eigenvalue weighted by Crippen LogP contribution is 2.41. The second-order valence-corrected chi connectivity index (χ2v) is 14.9. The molecule has 3 saturated heterocycles. The van der Waals surface area contributed by atoms with E-state index < -0.39 is 11.9 Å². The fraction of sp³-hybridized carbons (Fsp3) is 0.357. The monoisotopic (exact) mass is 708 g/mol. The number of benzene rings is 3. The molecular formula is C42H44N8O3. The molecule has 0 spiro atoms. The second-order valence-electron chi connectivity index (χ2n) is 14.9. The topological polar surface area (TPSA) is 107 Å². The Labute approximate surface area is 309 Å². The van der Waals surface area contributed by atoms with Crippen LogP contribution in [-0.2, 0) is 22.6 Å². The highest BCUT2D eigenvalue weighted by atomic mass is 16.2. The summed E-state index contributed by atoms with van der Waals surface area (Å²) >= 11 is 0. The van der Waals surface area contributed by atoms with Crippen molar-refractivity contribution in [2.24, 2.45) is 5.92 Å². The summed E-state index contributed by atoms with van der Waals surface area (Å²) in [5, 5.41) is 4.33. The van der Waals surface area contributed by atoms with Gasteiger partial charge in [0.25, 0.3) is 5.91 Å². The Morgan fingerprint density at radius 1 is 0.755 bits per heavy atom. The van der Waals surface area contributed by atoms with Crippen LogP contribution < -0.4 is 15.1 Å². The molecule has 9 rings (SSSR count). The minimum Gasteiger partial charge on any atom is -0.357 e. The average Bonchev–Trinajstić information content (AvgIpc) is 3.83. The molecule has 53 heavy (non-hydrogen) atoms. The van der Waals surface area contributed by atoms with E-state index in [2.05, 4.69) is 73.5 Å². The van der Waals surface area contributed by atoms with Crippen molar-refractivity contribution in [2.75, 3.05) is 55.6 Å². The van der Waals surface area contributed by atoms with Crippen molar-refractivity contribution in [3.05, 3.63) is 114 Å². The fourth-order valence-electron chi connectivity index (χ4n) is 8.67. The number of anilines is 2. The van der Waals surface area contributed by atoms with Gasteiger partial charge in [0, 0.05) is 82.1 Å². The van der Waals surface area contributed by atoms with Gasteiger partial charge in [-0.3, -0.25) is 34.1 Å². The van der Waals surface area contributed by atoms with Gasteiger partial charge in [0.05, 0.1) is 5.69 Å². The van der Waals surface area contributed by atoms with Crippen LogP contribution >= 0.6 is 0 Å². The van der Waals surface area contributed by atoms with Crippen molar-refractivity contribution in [3.8, 4) is 5.82 Å². The summed E-state index contributed by atoms with van der Waals surface area (Å²) in [5.74, 6) is 1.82. The van der Waals surface area contributed by atoms with Crippen molar-refractivity contribution in [2.45, 2.75) is 44.7 Å². The van der Waals surface area contributed by atoms with Gasteiger partial charge in [0.2, 0.25) is 11.8 Å². The van der Waals surface area contributed by atoms with Crippen LogP contribution in [0.3, 0.4) is 0 Å². The number of hydrogen-bond donors (Lipinski definition) is 1. The molecule has 3 amide bonds. The van der Waals surface area contributed by atoms with Crippen molar-refractivity contribution in [1.29, 1.82) is 0 Å². The first kappa shape index (κ1) is 33.4. The zero-order chi connectivity index (χ0) is 35.9. The molecule has 1 unspecified atom stereocenters. The van der Waals surface area contributed by atoms with Gasteiger partial charge in [0.1, 0.15) is 24.0 Å². The highest BCUT2D eigenvalue weighted by Gasteiger charge is 2.41. The molecule has 11 heteroatoms. The summed E-state index contributed by atoms with van der Waals surface area (Å²) < 4.78 is 1.95. The van der Waals surface area contributed by atoms with E-state index in [1.165, 1.54) is 30.5 Å². The molecule has 6 heterocycles. The predicted octanol–water partition coefficient (Wildman–Crippen LogP) is 4.81. The molecule has 4 aliphatic rings. The lowest BCUT2D eigenvalue weighted by atomic mass is 9.95. The van der Waals surface area contributed by atoms with E-state index in [4.69, 9.17) is 4.98 Å². The van der Waals surface area contributed by atoms with Crippen LogP contribution in [0.4, 0.5) is 11.5 Å². The first-order chi connectivity index (χ1) is 26.0. The van der Waals surface area contributed by atoms with Crippen LogP contribution in [0, 0.1) is 5.92 Å². The Kier molecular flexibility index (Phi) is 8.97. The largest absolute Gasteiger partial charge is 0.357 e. The lowest BCUT2D eigenvalue weighted by Gasteiger charge is -2.39. The molecule has 4 aliphatic heterocycles. The number of nitrogens with zero attached hydrogens (tertiary/aromatic N) is 7. The molecule has 1 atom stereocenters. The number of pyridine rings is 1. The molecule has 2 aromatic heterocycles. The number of carbonyl (C=O) groups is 3. The Hall–Kier alpha value is -5.39. The van der Waals surface area contributed by atoms with Crippen LogP contribution in [0.5, 0.6) is 0 Å². The number of rotatable bonds is 9. The number of imide groups is 1. The van der Waals surface area contributed by atoms with E-state index >= 15 is 0 Å². The summed E-state index contributed by atoms with van der Waals surface area (Å²) in [4.78, 5) is 56.3. The van der Waals surface area contributed by atoms with Gasteiger partial charge in [-0.2, -0.15) is 0 Å². The van der Waals surface area contributed by atoms with Gasteiger partial charge in [-0.05, 0) is 77.9 Å². The third-order valence-corrected chi connectivity index (χ3v) is 11.6. The van der Waals surface area contributed by atoms with Gasteiger partial charge < -0.3 is 9.80 Å². The number of carbonyl (C=O) groups excluding carboxylic acids is 3. The standard InChI is InChI=1S/C42H44N8O3/c51-39-14-13-36(41(52)45-39)50-35-12-11-32(33-3-1-4-34(40(33)35)42(50)53)25-29-7-9-30(10-8-29)26-46-21-23-47(24-22-46)27-31-15-18-48(19-16-31)37-5-2-6-38(44-37)49-20-17-43-28-49/h1-12,17,20,28,31,36H,13-16,18-19,21-27H2,(H,45,51,52). The molecule has 3 fully saturated rings. The smallest absolute Gasteiger partial charge is 0.259 e. The Bertz CT molecular complexity index is 2150. The predicted molar refractivity (Wildman–Crippen MR) is 204 cm³/mol. The molecule has 0 saturated carbocycles. The minimum atomic E-state index is -0.678. The fourth-order valence-corrected chi connectivity index (χ4v) is 8.67. The summed E-state index contributed by atoms with van der Waals surface area (Å²) in [6.45, 7) is 8.62. The molecule has 5 aromatic rings. The number of piperidine rings is 2. The van der Waals surface area contributed by atoms with Crippen molar-refractivity contribution >= 4 is 40.0 Å². The van der Waals surface area contributed by atoms with Gasteiger partial charge in [0.15, 0.2) is 0 Å². The maximum absolute atomic E-state index is 13.5. The Morgan fingerprint density at radius 3 is 2.28 bits per heavy atom. The average molecular weight is 709 g/mol. The van der Waals surface area contributed by atoms with E-state index in [1.807, 2.05) is 35.0 Å². The van der Waals surface area contributed by atoms with E-state index in [9.17, 15) is 14.4 Å². The summed E-state index contributed by atoms with van der Waals surface area (Å²) in [6, 6.07) is 24.4. The first-order valence-electron chi connectivity index (χ1n) is 18.9. The molecule has 0 radical (unpaired) electrons. The van der Waals surface area contributed by atoms with Crippen LogP contribution in [-0.4, -0.2) is 93.9 Å². The molecule has 0 aliphatic carbocycles. The number of imidazole rings is 1. The number of nitrogens with one attached hydrogen (secondary N) is 1. The molecule has 0 bridgehead atoms. The van der Waals surface area contributed by atoms with E-state index in [1.54, 1.807) is 17.4 Å². The van der Waals surface area contributed by atoms with Crippen LogP contribution in [0.15, 0.2) is 91.5 Å². The lowest BCUT2D eigenvalue weighted by molar-refractivity contribution is -0.134. The van der Waals surface area contributed by atoms with Gasteiger partial charge >= 0.3 is 0 Å². The van der Waals surface area contributed by atoms with Crippen molar-refractivity contribution in [1.82, 2.24) is 29.7 Å². The third kappa shape index (κ3) is 6.71. The zero-order valence-electron chi connectivity index (χ0n) is 29.9. The summed E-state index contributed by atoms with van der Waals surface area (Å²) in [6.07, 6.45) is 9.21. The number of piperazine rings is 1. The van der Waals surface area contributed by atoms with Crippen LogP contribution in [0.25, 0.3) is 16.6 Å². The van der Waals surface area contributed by atoms with Crippen LogP contribution in [0.1, 0.15) is 52.7 Å². The highest BCUT2D eigenvalue weighted by molar-refractivity contribution is 6.27. The van der Waals surface area contributed by atoms with Crippen LogP contribution in [0.2, 0.25) is 0 Å². The third-order valence-electron chi connectivity index (χ3n) is 11.6. The Morgan fingerprint density at radius 2 is 1.51 bits per heavy atom. The summed E-state index contributed by atoms with van der Waals surface area (Å²) in [7, 11) is 0. The first-order valence-corrected chi connectivity index (χ1v) is 18.9. The molecule has 270 valence electrons. The van der Waals surface area contributed by atoms with Crippen molar-refractivity contribution < 1.29 is 14.4 Å². The van der Waals surface area contributed by atoms with Gasteiger partial charge in [-0.15, -0.1) is 0 Å². The minimum absolute atomic E-state index is 0.175. The molecular weight excluding hydrogens is 665 g/mol. The Balaban J connectivity index is 0.768. The summed E-state index contributed by atoms with van der Waals surface area (Å²) in [5.41, 5.74) is 5.06. The SMILES string of the molecule is O=C1CCC(N2C(=O)c3cccc4c(Cc5ccc(CN6CCN(CC7CCN(c8cccc(-n9ccnc9)n8)CC7)CC6)cc5)ccc2c34)C(=O)N1.